The zero-order valence-corrected chi connectivity index (χ0v) is 11.1. The zero-order valence-electron chi connectivity index (χ0n) is 10.3. The summed E-state index contributed by atoms with van der Waals surface area (Å²) in [5.74, 6) is 1.70. The van der Waals surface area contributed by atoms with E-state index < -0.39 is 0 Å². The Morgan fingerprint density at radius 1 is 1.22 bits per heavy atom. The third-order valence-electron chi connectivity index (χ3n) is 2.39. The second kappa shape index (κ2) is 6.98. The number of nitrogens with one attached hydrogen (secondary N) is 1. The number of methoxy groups -OCH3 is 1. The largest absolute Gasteiger partial charge is 0.497 e. The highest BCUT2D eigenvalue weighted by molar-refractivity contribution is 7.09. The Labute approximate surface area is 111 Å². The van der Waals surface area contributed by atoms with Gasteiger partial charge in [-0.25, -0.2) is 0 Å². The monoisotopic (exact) mass is 264 g/mol. The van der Waals surface area contributed by atoms with Crippen molar-refractivity contribution in [3.05, 3.63) is 40.8 Å². The minimum Gasteiger partial charge on any atom is -0.497 e. The van der Waals surface area contributed by atoms with Gasteiger partial charge in [0.25, 0.3) is 0 Å². The van der Waals surface area contributed by atoms with Crippen molar-refractivity contribution in [2.45, 2.75) is 6.54 Å². The molecule has 0 spiro atoms. The molecule has 5 heteroatoms. The van der Waals surface area contributed by atoms with Gasteiger partial charge in [0.15, 0.2) is 0 Å². The lowest BCUT2D eigenvalue weighted by Crippen LogP contribution is -2.20. The average molecular weight is 264 g/mol. The van der Waals surface area contributed by atoms with Gasteiger partial charge < -0.3 is 14.8 Å². The van der Waals surface area contributed by atoms with Crippen LogP contribution in [0.1, 0.15) is 4.88 Å². The third-order valence-corrected chi connectivity index (χ3v) is 3.17. The van der Waals surface area contributed by atoms with Gasteiger partial charge in [-0.2, -0.15) is 0 Å². The Morgan fingerprint density at radius 3 is 2.67 bits per heavy atom. The molecule has 1 aromatic carbocycles. The quantitative estimate of drug-likeness (QED) is 0.779. The maximum Gasteiger partial charge on any atom is 0.119 e. The molecule has 0 aliphatic carbocycles. The molecule has 2 rings (SSSR count). The van der Waals surface area contributed by atoms with E-state index in [2.05, 4.69) is 10.3 Å². The van der Waals surface area contributed by atoms with E-state index in [0.717, 1.165) is 24.6 Å². The number of hydrogen-bond donors (Lipinski definition) is 1. The highest BCUT2D eigenvalue weighted by atomic mass is 32.1. The third kappa shape index (κ3) is 4.01. The number of rotatable bonds is 7. The Morgan fingerprint density at radius 2 is 2.00 bits per heavy atom. The SMILES string of the molecule is COc1ccc(OCCNCc2cncs2)cc1. The molecular formula is C13H16N2O2S. The van der Waals surface area contributed by atoms with Gasteiger partial charge in [0.05, 0.1) is 12.6 Å². The summed E-state index contributed by atoms with van der Waals surface area (Å²) in [7, 11) is 1.65. The van der Waals surface area contributed by atoms with Crippen molar-refractivity contribution in [1.29, 1.82) is 0 Å². The number of hydrogen-bond acceptors (Lipinski definition) is 5. The van der Waals surface area contributed by atoms with Crippen LogP contribution in [0.15, 0.2) is 36.0 Å². The fourth-order valence-corrected chi connectivity index (χ4v) is 2.02. The lowest BCUT2D eigenvalue weighted by atomic mass is 10.3. The van der Waals surface area contributed by atoms with E-state index in [4.69, 9.17) is 9.47 Å². The molecule has 0 amide bonds. The lowest BCUT2D eigenvalue weighted by Gasteiger charge is -2.07. The van der Waals surface area contributed by atoms with Crippen molar-refractivity contribution >= 4 is 11.3 Å². The molecule has 0 aliphatic heterocycles. The highest BCUT2D eigenvalue weighted by Crippen LogP contribution is 2.16. The summed E-state index contributed by atoms with van der Waals surface area (Å²) in [6, 6.07) is 7.59. The second-order valence-corrected chi connectivity index (χ2v) is 4.64. The average Bonchev–Trinajstić information content (AvgIpc) is 2.92. The summed E-state index contributed by atoms with van der Waals surface area (Å²) in [4.78, 5) is 5.26. The molecule has 0 saturated carbocycles. The van der Waals surface area contributed by atoms with Gasteiger partial charge in [0, 0.05) is 24.2 Å². The standard InChI is InChI=1S/C13H16N2O2S/c1-16-11-2-4-12(5-3-11)17-7-6-14-8-13-9-15-10-18-13/h2-5,9-10,14H,6-8H2,1H3. The van der Waals surface area contributed by atoms with Crippen molar-refractivity contribution in [3.63, 3.8) is 0 Å². The first-order valence-corrected chi connectivity index (χ1v) is 6.61. The summed E-state index contributed by atoms with van der Waals surface area (Å²) in [6.45, 7) is 2.30. The van der Waals surface area contributed by atoms with Crippen LogP contribution in [0.4, 0.5) is 0 Å². The Bertz CT molecular complexity index is 443. The summed E-state index contributed by atoms with van der Waals surface area (Å²) in [5, 5.41) is 3.30. The van der Waals surface area contributed by atoms with Crippen molar-refractivity contribution in [1.82, 2.24) is 10.3 Å². The normalized spacial score (nSPS) is 10.3. The minimum absolute atomic E-state index is 0.644. The van der Waals surface area contributed by atoms with Gasteiger partial charge in [-0.1, -0.05) is 0 Å². The molecule has 0 radical (unpaired) electrons. The van der Waals surface area contributed by atoms with Crippen molar-refractivity contribution in [2.75, 3.05) is 20.3 Å². The van der Waals surface area contributed by atoms with Gasteiger partial charge in [-0.05, 0) is 24.3 Å². The Hall–Kier alpha value is -1.59. The van der Waals surface area contributed by atoms with Crippen LogP contribution in [-0.2, 0) is 6.54 Å². The lowest BCUT2D eigenvalue weighted by molar-refractivity contribution is 0.313. The molecule has 0 fully saturated rings. The van der Waals surface area contributed by atoms with Crippen LogP contribution in [0.25, 0.3) is 0 Å². The van der Waals surface area contributed by atoms with Crippen LogP contribution in [0, 0.1) is 0 Å². The molecule has 0 bridgehead atoms. The molecule has 0 atom stereocenters. The fourth-order valence-electron chi connectivity index (χ4n) is 1.45. The summed E-state index contributed by atoms with van der Waals surface area (Å²) in [5.41, 5.74) is 1.84. The van der Waals surface area contributed by atoms with Crippen LogP contribution in [-0.4, -0.2) is 25.2 Å². The van der Waals surface area contributed by atoms with E-state index in [1.165, 1.54) is 4.88 Å². The minimum atomic E-state index is 0.644. The molecule has 1 N–H and O–H groups in total. The zero-order chi connectivity index (χ0) is 12.6. The van der Waals surface area contributed by atoms with Crippen LogP contribution < -0.4 is 14.8 Å². The van der Waals surface area contributed by atoms with Gasteiger partial charge in [0.2, 0.25) is 0 Å². The number of benzene rings is 1. The highest BCUT2D eigenvalue weighted by Gasteiger charge is 1.96. The number of nitrogens with zero attached hydrogens (tertiary/aromatic N) is 1. The molecule has 1 heterocycles. The van der Waals surface area contributed by atoms with Gasteiger partial charge >= 0.3 is 0 Å². The summed E-state index contributed by atoms with van der Waals surface area (Å²) in [6.07, 6.45) is 1.88. The predicted molar refractivity (Wildman–Crippen MR) is 72.3 cm³/mol. The van der Waals surface area contributed by atoms with E-state index in [9.17, 15) is 0 Å². The predicted octanol–water partition coefficient (Wildman–Crippen LogP) is 2.32. The molecule has 96 valence electrons. The first-order chi connectivity index (χ1) is 8.88. The van der Waals surface area contributed by atoms with E-state index in [1.807, 2.05) is 36.0 Å². The molecule has 2 aromatic rings. The van der Waals surface area contributed by atoms with Crippen molar-refractivity contribution < 1.29 is 9.47 Å². The topological polar surface area (TPSA) is 43.4 Å². The maximum absolute atomic E-state index is 5.59. The van der Waals surface area contributed by atoms with Crippen LogP contribution in [0.5, 0.6) is 11.5 Å². The first kappa shape index (κ1) is 12.9. The number of ether oxygens (including phenoxy) is 2. The van der Waals surface area contributed by atoms with Crippen LogP contribution in [0.3, 0.4) is 0 Å². The fraction of sp³-hybridized carbons (Fsp3) is 0.308. The maximum atomic E-state index is 5.59. The van der Waals surface area contributed by atoms with E-state index >= 15 is 0 Å². The van der Waals surface area contributed by atoms with Crippen LogP contribution in [0.2, 0.25) is 0 Å². The van der Waals surface area contributed by atoms with Gasteiger partial charge in [-0.15, -0.1) is 11.3 Å². The molecule has 0 saturated heterocycles. The van der Waals surface area contributed by atoms with Crippen molar-refractivity contribution in [2.24, 2.45) is 0 Å². The van der Waals surface area contributed by atoms with E-state index in [-0.39, 0.29) is 0 Å². The molecule has 0 unspecified atom stereocenters. The van der Waals surface area contributed by atoms with E-state index in [1.54, 1.807) is 18.4 Å². The molecule has 1 aromatic heterocycles. The smallest absolute Gasteiger partial charge is 0.119 e. The van der Waals surface area contributed by atoms with Crippen LogP contribution >= 0.6 is 11.3 Å². The Balaban J connectivity index is 1.62. The second-order valence-electron chi connectivity index (χ2n) is 3.67. The molecule has 18 heavy (non-hydrogen) atoms. The van der Waals surface area contributed by atoms with Gasteiger partial charge in [-0.3, -0.25) is 4.98 Å². The summed E-state index contributed by atoms with van der Waals surface area (Å²) < 4.78 is 10.7. The number of aromatic nitrogens is 1. The number of thiazole rings is 1. The molecule has 4 nitrogen and oxygen atoms in total. The van der Waals surface area contributed by atoms with Crippen molar-refractivity contribution in [3.8, 4) is 11.5 Å². The van der Waals surface area contributed by atoms with E-state index in [0.29, 0.717) is 6.61 Å². The first-order valence-electron chi connectivity index (χ1n) is 5.73. The molecular weight excluding hydrogens is 248 g/mol. The molecule has 0 aliphatic rings. The Kier molecular flexibility index (Phi) is 4.99. The van der Waals surface area contributed by atoms with Gasteiger partial charge in [0.1, 0.15) is 18.1 Å². The summed E-state index contributed by atoms with van der Waals surface area (Å²) >= 11 is 1.65.